The van der Waals surface area contributed by atoms with Crippen LogP contribution in [0.4, 0.5) is 14.3 Å². The minimum atomic E-state index is -3.71. The number of primary amides is 1. The van der Waals surface area contributed by atoms with E-state index >= 15 is 0 Å². The van der Waals surface area contributed by atoms with Crippen molar-refractivity contribution in [1.29, 1.82) is 0 Å². The molecule has 0 spiro atoms. The molecule has 0 aliphatic heterocycles. The number of nitrogens with zero attached hydrogens (tertiary/aromatic N) is 1. The molecule has 0 radical (unpaired) electrons. The summed E-state index contributed by atoms with van der Waals surface area (Å²) in [6.07, 6.45) is 0.942. The van der Waals surface area contributed by atoms with Crippen LogP contribution in [-0.4, -0.2) is 38.1 Å². The maximum Gasteiger partial charge on any atom is 0.321 e. The fraction of sp³-hybridized carbons (Fsp3) is 0.267. The first-order chi connectivity index (χ1) is 12.1. The van der Waals surface area contributed by atoms with Gasteiger partial charge in [0.15, 0.2) is 15.0 Å². The number of hydrogen-bond acceptors (Lipinski definition) is 6. The van der Waals surface area contributed by atoms with Gasteiger partial charge in [0.2, 0.25) is 5.91 Å². The highest BCUT2D eigenvalue weighted by Crippen LogP contribution is 2.34. The normalized spacial score (nSPS) is 11.2. The number of thiazole rings is 1. The van der Waals surface area contributed by atoms with Crippen molar-refractivity contribution >= 4 is 38.2 Å². The zero-order chi connectivity index (χ0) is 19.5. The van der Waals surface area contributed by atoms with Gasteiger partial charge in [0, 0.05) is 19.2 Å². The molecule has 4 N–H and O–H groups in total. The molecule has 2 aromatic rings. The van der Waals surface area contributed by atoms with Crippen molar-refractivity contribution in [3.8, 4) is 10.4 Å². The number of carbonyl (C=O) groups is 2. The molecule has 8 nitrogen and oxygen atoms in total. The van der Waals surface area contributed by atoms with Gasteiger partial charge in [-0.05, 0) is 24.6 Å². The van der Waals surface area contributed by atoms with Gasteiger partial charge in [0.25, 0.3) is 0 Å². The topological polar surface area (TPSA) is 131 Å². The van der Waals surface area contributed by atoms with E-state index in [-0.39, 0.29) is 18.1 Å². The standard InChI is InChI=1S/C15H17FN4O4S2/c1-8-13(9-3-4-10(16)11(7-9)26(2,23)24)25-15(19-8)20-14(22)18-6-5-12(17)21/h3-4,7H,5-6H2,1-2H3,(H2,17,21)(H2,18,19,20,22). The summed E-state index contributed by atoms with van der Waals surface area (Å²) in [4.78, 5) is 26.8. The molecule has 1 aromatic heterocycles. The Morgan fingerprint density at radius 2 is 2.04 bits per heavy atom. The van der Waals surface area contributed by atoms with Crippen LogP contribution < -0.4 is 16.4 Å². The largest absolute Gasteiger partial charge is 0.370 e. The third-order valence-corrected chi connectivity index (χ3v) is 5.50. The number of nitrogens with one attached hydrogen (secondary N) is 2. The molecule has 0 aliphatic carbocycles. The molecule has 3 amide bonds. The van der Waals surface area contributed by atoms with Crippen molar-refractivity contribution in [2.24, 2.45) is 5.73 Å². The smallest absolute Gasteiger partial charge is 0.321 e. The molecule has 0 saturated carbocycles. The summed E-state index contributed by atoms with van der Waals surface area (Å²) in [6, 6.07) is 3.21. The molecule has 0 aliphatic rings. The van der Waals surface area contributed by atoms with E-state index in [1.807, 2.05) is 0 Å². The summed E-state index contributed by atoms with van der Waals surface area (Å²) in [5.74, 6) is -1.36. The van der Waals surface area contributed by atoms with Crippen molar-refractivity contribution in [2.75, 3.05) is 18.1 Å². The Bertz CT molecular complexity index is 957. The molecule has 140 valence electrons. The number of urea groups is 1. The lowest BCUT2D eigenvalue weighted by Crippen LogP contribution is -2.31. The van der Waals surface area contributed by atoms with E-state index in [0.29, 0.717) is 16.1 Å². The van der Waals surface area contributed by atoms with Crippen molar-refractivity contribution in [3.63, 3.8) is 0 Å². The number of anilines is 1. The number of rotatable bonds is 6. The Balaban J connectivity index is 2.20. The second-order valence-corrected chi connectivity index (χ2v) is 8.43. The van der Waals surface area contributed by atoms with Crippen molar-refractivity contribution < 1.29 is 22.4 Å². The Labute approximate surface area is 153 Å². The summed E-state index contributed by atoms with van der Waals surface area (Å²) >= 11 is 1.11. The second-order valence-electron chi connectivity index (χ2n) is 5.45. The first kappa shape index (κ1) is 19.8. The van der Waals surface area contributed by atoms with Gasteiger partial charge in [-0.15, -0.1) is 0 Å². The fourth-order valence-electron chi connectivity index (χ4n) is 2.09. The minimum absolute atomic E-state index is 0.0133. The van der Waals surface area contributed by atoms with Crippen molar-refractivity contribution in [3.05, 3.63) is 29.7 Å². The van der Waals surface area contributed by atoms with Crippen LogP contribution in [0.2, 0.25) is 0 Å². The van der Waals surface area contributed by atoms with Gasteiger partial charge in [-0.2, -0.15) is 0 Å². The summed E-state index contributed by atoms with van der Waals surface area (Å²) in [6.45, 7) is 1.78. The summed E-state index contributed by atoms with van der Waals surface area (Å²) < 4.78 is 37.1. The number of amides is 3. The molecule has 2 rings (SSSR count). The molecule has 0 unspecified atom stereocenters. The average molecular weight is 400 g/mol. The molecule has 1 heterocycles. The number of benzene rings is 1. The number of aromatic nitrogens is 1. The Morgan fingerprint density at radius 3 is 2.65 bits per heavy atom. The van der Waals surface area contributed by atoms with Crippen LogP contribution in [0.25, 0.3) is 10.4 Å². The van der Waals surface area contributed by atoms with Gasteiger partial charge in [-0.3, -0.25) is 10.1 Å². The third kappa shape index (κ3) is 4.99. The Kier molecular flexibility index (Phi) is 5.93. The first-order valence-corrected chi connectivity index (χ1v) is 10.1. The van der Waals surface area contributed by atoms with E-state index < -0.39 is 32.5 Å². The predicted octanol–water partition coefficient (Wildman–Crippen LogP) is 1.66. The third-order valence-electron chi connectivity index (χ3n) is 3.27. The number of sulfone groups is 1. The zero-order valence-corrected chi connectivity index (χ0v) is 15.6. The molecule has 0 atom stereocenters. The van der Waals surface area contributed by atoms with Gasteiger partial charge < -0.3 is 11.1 Å². The van der Waals surface area contributed by atoms with Crippen LogP contribution >= 0.6 is 11.3 Å². The second kappa shape index (κ2) is 7.79. The number of nitrogens with two attached hydrogens (primary N) is 1. The van der Waals surface area contributed by atoms with Crippen LogP contribution in [-0.2, 0) is 14.6 Å². The van der Waals surface area contributed by atoms with Crippen LogP contribution in [0.1, 0.15) is 12.1 Å². The average Bonchev–Trinajstić information content (AvgIpc) is 2.86. The summed E-state index contributed by atoms with van der Waals surface area (Å²) in [5, 5.41) is 5.25. The van der Waals surface area contributed by atoms with E-state index in [1.165, 1.54) is 12.1 Å². The van der Waals surface area contributed by atoms with Crippen LogP contribution in [0.15, 0.2) is 23.1 Å². The molecule has 0 fully saturated rings. The van der Waals surface area contributed by atoms with Gasteiger partial charge in [0.05, 0.1) is 10.6 Å². The predicted molar refractivity (Wildman–Crippen MR) is 96.2 cm³/mol. The molecule has 26 heavy (non-hydrogen) atoms. The Hall–Kier alpha value is -2.53. The highest BCUT2D eigenvalue weighted by atomic mass is 32.2. The maximum atomic E-state index is 13.7. The number of hydrogen-bond donors (Lipinski definition) is 3. The number of halogens is 1. The van der Waals surface area contributed by atoms with E-state index in [0.717, 1.165) is 23.7 Å². The van der Waals surface area contributed by atoms with Gasteiger partial charge in [0.1, 0.15) is 10.7 Å². The molecule has 1 aromatic carbocycles. The highest BCUT2D eigenvalue weighted by Gasteiger charge is 2.18. The fourth-order valence-corrected chi connectivity index (χ4v) is 3.81. The lowest BCUT2D eigenvalue weighted by molar-refractivity contribution is -0.117. The SMILES string of the molecule is Cc1nc(NC(=O)NCCC(N)=O)sc1-c1ccc(F)c(S(C)(=O)=O)c1. The van der Waals surface area contributed by atoms with Crippen molar-refractivity contribution in [1.82, 2.24) is 10.3 Å². The van der Waals surface area contributed by atoms with Gasteiger partial charge >= 0.3 is 6.03 Å². The van der Waals surface area contributed by atoms with Gasteiger partial charge in [-0.25, -0.2) is 22.6 Å². The maximum absolute atomic E-state index is 13.7. The van der Waals surface area contributed by atoms with E-state index in [9.17, 15) is 22.4 Å². The lowest BCUT2D eigenvalue weighted by atomic mass is 10.1. The van der Waals surface area contributed by atoms with Crippen LogP contribution in [0.3, 0.4) is 0 Å². The summed E-state index contributed by atoms with van der Waals surface area (Å²) in [7, 11) is -3.71. The monoisotopic (exact) mass is 400 g/mol. The van der Waals surface area contributed by atoms with Crippen LogP contribution in [0, 0.1) is 12.7 Å². The molecular weight excluding hydrogens is 383 g/mol. The molecule has 11 heteroatoms. The first-order valence-electron chi connectivity index (χ1n) is 7.38. The Morgan fingerprint density at radius 1 is 1.35 bits per heavy atom. The number of carbonyl (C=O) groups excluding carboxylic acids is 2. The molecule has 0 bridgehead atoms. The quantitative estimate of drug-likeness (QED) is 0.679. The lowest BCUT2D eigenvalue weighted by Gasteiger charge is -2.04. The highest BCUT2D eigenvalue weighted by molar-refractivity contribution is 7.90. The molecular formula is C15H17FN4O4S2. The minimum Gasteiger partial charge on any atom is -0.370 e. The van der Waals surface area contributed by atoms with E-state index in [1.54, 1.807) is 6.92 Å². The van der Waals surface area contributed by atoms with Crippen LogP contribution in [0.5, 0.6) is 0 Å². The number of aryl methyl sites for hydroxylation is 1. The molecule has 0 saturated heterocycles. The van der Waals surface area contributed by atoms with Gasteiger partial charge in [-0.1, -0.05) is 17.4 Å². The van der Waals surface area contributed by atoms with E-state index in [4.69, 9.17) is 5.73 Å². The summed E-state index contributed by atoms with van der Waals surface area (Å²) in [5.41, 5.74) is 6.01. The zero-order valence-electron chi connectivity index (χ0n) is 14.0. The van der Waals surface area contributed by atoms with Crippen molar-refractivity contribution in [2.45, 2.75) is 18.2 Å². The van der Waals surface area contributed by atoms with E-state index in [2.05, 4.69) is 15.6 Å².